The van der Waals surface area contributed by atoms with Gasteiger partial charge in [0.2, 0.25) is 0 Å². The zero-order valence-corrected chi connectivity index (χ0v) is 17.0. The molecule has 1 N–H and O–H groups in total. The number of benzene rings is 3. The lowest BCUT2D eigenvalue weighted by Gasteiger charge is -2.25. The van der Waals surface area contributed by atoms with Crippen LogP contribution in [0.3, 0.4) is 0 Å². The minimum absolute atomic E-state index is 0.242. The average Bonchev–Trinajstić information content (AvgIpc) is 3.19. The maximum Gasteiger partial charge on any atom is 0.190 e. The Morgan fingerprint density at radius 3 is 2.45 bits per heavy atom. The van der Waals surface area contributed by atoms with Crippen LogP contribution in [-0.2, 0) is 6.54 Å². The summed E-state index contributed by atoms with van der Waals surface area (Å²) in [5, 5.41) is 10.3. The van der Waals surface area contributed by atoms with Gasteiger partial charge in [0.05, 0.1) is 11.8 Å². The first-order chi connectivity index (χ1) is 14.1. The van der Waals surface area contributed by atoms with Gasteiger partial charge in [-0.2, -0.15) is 5.10 Å². The molecule has 0 radical (unpaired) electrons. The summed E-state index contributed by atoms with van der Waals surface area (Å²) in [5.74, 6) is -0.242. The molecule has 5 heteroatoms. The molecule has 0 bridgehead atoms. The minimum Gasteiger partial charge on any atom is -0.357 e. The van der Waals surface area contributed by atoms with E-state index in [-0.39, 0.29) is 11.9 Å². The van der Waals surface area contributed by atoms with Crippen LogP contribution >= 0.6 is 12.2 Å². The highest BCUT2D eigenvalue weighted by Crippen LogP contribution is 2.34. The quantitative estimate of drug-likeness (QED) is 0.594. The third kappa shape index (κ3) is 4.35. The van der Waals surface area contributed by atoms with Crippen LogP contribution in [0.25, 0.3) is 0 Å². The summed E-state index contributed by atoms with van der Waals surface area (Å²) in [4.78, 5) is 0. The Hall–Kier alpha value is -3.05. The second kappa shape index (κ2) is 8.53. The lowest BCUT2D eigenvalue weighted by molar-refractivity contribution is 0.353. The molecule has 0 spiro atoms. The van der Waals surface area contributed by atoms with Gasteiger partial charge in [-0.05, 0) is 36.3 Å². The molecular weight excluding hydrogens is 381 g/mol. The van der Waals surface area contributed by atoms with E-state index in [4.69, 9.17) is 17.3 Å². The molecule has 1 aliphatic rings. The monoisotopic (exact) mass is 403 g/mol. The number of hydrogen-bond donors (Lipinski definition) is 1. The van der Waals surface area contributed by atoms with Crippen molar-refractivity contribution < 1.29 is 4.39 Å². The first-order valence-electron chi connectivity index (χ1n) is 9.62. The van der Waals surface area contributed by atoms with Gasteiger partial charge in [-0.1, -0.05) is 78.4 Å². The van der Waals surface area contributed by atoms with E-state index in [0.29, 0.717) is 23.6 Å². The molecule has 3 aromatic carbocycles. The molecule has 3 nitrogen and oxygen atoms in total. The fourth-order valence-electron chi connectivity index (χ4n) is 3.46. The molecule has 0 saturated heterocycles. The Morgan fingerprint density at radius 2 is 1.72 bits per heavy atom. The molecule has 0 unspecified atom stereocenters. The molecule has 29 heavy (non-hydrogen) atoms. The number of hydrogen-bond acceptors (Lipinski definition) is 2. The second-order valence-electron chi connectivity index (χ2n) is 7.14. The number of hydrazone groups is 1. The number of halogens is 1. The molecule has 146 valence electrons. The predicted molar refractivity (Wildman–Crippen MR) is 119 cm³/mol. The van der Waals surface area contributed by atoms with Crippen molar-refractivity contribution in [2.45, 2.75) is 25.9 Å². The van der Waals surface area contributed by atoms with E-state index in [0.717, 1.165) is 16.8 Å². The zero-order chi connectivity index (χ0) is 20.2. The van der Waals surface area contributed by atoms with Crippen molar-refractivity contribution in [3.8, 4) is 0 Å². The molecule has 0 fully saturated rings. The number of nitrogens with zero attached hydrogens (tertiary/aromatic N) is 2. The first-order valence-corrected chi connectivity index (χ1v) is 10.0. The van der Waals surface area contributed by atoms with E-state index in [1.807, 2.05) is 36.4 Å². The summed E-state index contributed by atoms with van der Waals surface area (Å²) in [5.41, 5.74) is 4.85. The van der Waals surface area contributed by atoms with Crippen LogP contribution in [-0.4, -0.2) is 15.8 Å². The fraction of sp³-hybridized carbons (Fsp3) is 0.167. The summed E-state index contributed by atoms with van der Waals surface area (Å²) in [6.45, 7) is 2.65. The van der Waals surface area contributed by atoms with E-state index in [2.05, 4.69) is 36.5 Å². The largest absolute Gasteiger partial charge is 0.357 e. The first kappa shape index (κ1) is 19.3. The summed E-state index contributed by atoms with van der Waals surface area (Å²) < 4.78 is 14.6. The van der Waals surface area contributed by atoms with Crippen LogP contribution in [0.4, 0.5) is 4.39 Å². The standard InChI is InChI=1S/C24H22FN3S/c1-17-11-13-19(14-12-17)22-15-23(20-9-5-6-10-21(20)25)28(27-22)24(29)26-16-18-7-3-2-4-8-18/h2-14,23H,15-16H2,1H3,(H,26,29)/t23-/m0/s1. The summed E-state index contributed by atoms with van der Waals surface area (Å²) in [7, 11) is 0. The van der Waals surface area contributed by atoms with Gasteiger partial charge in [-0.25, -0.2) is 9.40 Å². The summed E-state index contributed by atoms with van der Waals surface area (Å²) >= 11 is 5.64. The van der Waals surface area contributed by atoms with Gasteiger partial charge in [0.25, 0.3) is 0 Å². The fourth-order valence-corrected chi connectivity index (χ4v) is 3.70. The smallest absolute Gasteiger partial charge is 0.190 e. The van der Waals surface area contributed by atoms with Gasteiger partial charge in [-0.15, -0.1) is 0 Å². The van der Waals surface area contributed by atoms with E-state index in [9.17, 15) is 4.39 Å². The molecule has 0 aromatic heterocycles. The van der Waals surface area contributed by atoms with E-state index in [1.54, 1.807) is 17.1 Å². The molecule has 1 atom stereocenters. The summed E-state index contributed by atoms with van der Waals surface area (Å²) in [6.07, 6.45) is 0.594. The van der Waals surface area contributed by atoms with Crippen molar-refractivity contribution in [1.82, 2.24) is 10.3 Å². The highest BCUT2D eigenvalue weighted by molar-refractivity contribution is 7.80. The van der Waals surface area contributed by atoms with E-state index < -0.39 is 0 Å². The van der Waals surface area contributed by atoms with E-state index in [1.165, 1.54) is 11.6 Å². The van der Waals surface area contributed by atoms with Crippen LogP contribution in [0, 0.1) is 12.7 Å². The molecular formula is C24H22FN3S. The maximum atomic E-state index is 14.6. The predicted octanol–water partition coefficient (Wildman–Crippen LogP) is 5.36. The Balaban J connectivity index is 1.61. The minimum atomic E-state index is -0.275. The number of thiocarbonyl (C=S) groups is 1. The topological polar surface area (TPSA) is 27.6 Å². The van der Waals surface area contributed by atoms with Crippen molar-refractivity contribution in [3.63, 3.8) is 0 Å². The maximum absolute atomic E-state index is 14.6. The number of rotatable bonds is 4. The third-order valence-corrected chi connectivity index (χ3v) is 5.39. The summed E-state index contributed by atoms with van der Waals surface area (Å²) in [6, 6.07) is 24.8. The van der Waals surface area contributed by atoms with Crippen LogP contribution < -0.4 is 5.32 Å². The van der Waals surface area contributed by atoms with Gasteiger partial charge in [-0.3, -0.25) is 0 Å². The van der Waals surface area contributed by atoms with Crippen molar-refractivity contribution in [3.05, 3.63) is 107 Å². The number of nitrogens with one attached hydrogen (secondary N) is 1. The highest BCUT2D eigenvalue weighted by Gasteiger charge is 2.32. The molecule has 0 saturated carbocycles. The number of aryl methyl sites for hydroxylation is 1. The van der Waals surface area contributed by atoms with Gasteiger partial charge in [0.1, 0.15) is 5.82 Å². The lowest BCUT2D eigenvalue weighted by atomic mass is 9.98. The van der Waals surface area contributed by atoms with Crippen LogP contribution in [0.1, 0.15) is 34.7 Å². The Labute approximate surface area is 175 Å². The zero-order valence-electron chi connectivity index (χ0n) is 16.2. The molecule has 4 rings (SSSR count). The van der Waals surface area contributed by atoms with Gasteiger partial charge in [0, 0.05) is 18.5 Å². The lowest BCUT2D eigenvalue weighted by Crippen LogP contribution is -2.36. The normalized spacial score (nSPS) is 15.9. The van der Waals surface area contributed by atoms with Crippen LogP contribution in [0.15, 0.2) is 84.0 Å². The van der Waals surface area contributed by atoms with Gasteiger partial charge >= 0.3 is 0 Å². The SMILES string of the molecule is Cc1ccc(C2=NN(C(=S)NCc3ccccc3)[C@H](c3ccccc3F)C2)cc1. The van der Waals surface area contributed by atoms with Crippen molar-refractivity contribution >= 4 is 23.0 Å². The molecule has 0 aliphatic carbocycles. The van der Waals surface area contributed by atoms with Gasteiger partial charge in [0.15, 0.2) is 5.11 Å². The Kier molecular flexibility index (Phi) is 5.67. The van der Waals surface area contributed by atoms with Crippen molar-refractivity contribution in [1.29, 1.82) is 0 Å². The van der Waals surface area contributed by atoms with Gasteiger partial charge < -0.3 is 5.32 Å². The van der Waals surface area contributed by atoms with Crippen molar-refractivity contribution in [2.24, 2.45) is 5.10 Å². The molecule has 0 amide bonds. The average molecular weight is 404 g/mol. The molecule has 3 aromatic rings. The Morgan fingerprint density at radius 1 is 1.03 bits per heavy atom. The highest BCUT2D eigenvalue weighted by atomic mass is 32.1. The van der Waals surface area contributed by atoms with Crippen molar-refractivity contribution in [2.75, 3.05) is 0 Å². The van der Waals surface area contributed by atoms with Crippen LogP contribution in [0.5, 0.6) is 0 Å². The Bertz CT molecular complexity index is 1030. The molecule has 1 heterocycles. The van der Waals surface area contributed by atoms with E-state index >= 15 is 0 Å². The second-order valence-corrected chi connectivity index (χ2v) is 7.53. The molecule has 1 aliphatic heterocycles. The third-order valence-electron chi connectivity index (χ3n) is 5.05. The van der Waals surface area contributed by atoms with Crippen LogP contribution in [0.2, 0.25) is 0 Å².